The van der Waals surface area contributed by atoms with Gasteiger partial charge in [0.05, 0.1) is 6.54 Å². The van der Waals surface area contributed by atoms with Gasteiger partial charge in [0.25, 0.3) is 11.7 Å². The lowest BCUT2D eigenvalue weighted by Crippen LogP contribution is -2.24. The SMILES string of the molecule is CCNC(=O)c1noc(CNC(C)C)n1. The van der Waals surface area contributed by atoms with Crippen LogP contribution < -0.4 is 10.6 Å². The van der Waals surface area contributed by atoms with Crippen molar-refractivity contribution in [2.75, 3.05) is 6.54 Å². The van der Waals surface area contributed by atoms with Crippen LogP contribution in [0.1, 0.15) is 37.3 Å². The van der Waals surface area contributed by atoms with E-state index in [-0.39, 0.29) is 11.7 Å². The van der Waals surface area contributed by atoms with E-state index in [1.807, 2.05) is 20.8 Å². The molecule has 1 rings (SSSR count). The standard InChI is InChI=1S/C9H16N4O2/c1-4-10-9(14)8-12-7(15-13-8)5-11-6(2)3/h6,11H,4-5H2,1-3H3,(H,10,14). The summed E-state index contributed by atoms with van der Waals surface area (Å²) in [5, 5.41) is 9.29. The number of rotatable bonds is 5. The van der Waals surface area contributed by atoms with Crippen LogP contribution >= 0.6 is 0 Å². The van der Waals surface area contributed by atoms with Crippen LogP contribution in [0.15, 0.2) is 4.52 Å². The number of carbonyl (C=O) groups excluding carboxylic acids is 1. The molecule has 0 saturated heterocycles. The molecular formula is C9H16N4O2. The largest absolute Gasteiger partial charge is 0.349 e. The van der Waals surface area contributed by atoms with Crippen LogP contribution in [0.3, 0.4) is 0 Å². The van der Waals surface area contributed by atoms with Crippen LogP contribution in [0, 0.1) is 0 Å². The number of nitrogens with one attached hydrogen (secondary N) is 2. The highest BCUT2D eigenvalue weighted by molar-refractivity contribution is 5.90. The van der Waals surface area contributed by atoms with Crippen molar-refractivity contribution in [3.8, 4) is 0 Å². The first kappa shape index (κ1) is 11.6. The normalized spacial score (nSPS) is 10.7. The summed E-state index contributed by atoms with van der Waals surface area (Å²) in [4.78, 5) is 15.2. The number of hydrogen-bond acceptors (Lipinski definition) is 5. The van der Waals surface area contributed by atoms with Gasteiger partial charge >= 0.3 is 0 Å². The van der Waals surface area contributed by atoms with Gasteiger partial charge in [-0.05, 0) is 6.92 Å². The van der Waals surface area contributed by atoms with Crippen LogP contribution in [0.4, 0.5) is 0 Å². The summed E-state index contributed by atoms with van der Waals surface area (Å²) in [5.74, 6) is 0.194. The maximum atomic E-state index is 11.3. The van der Waals surface area contributed by atoms with E-state index in [9.17, 15) is 4.79 Å². The zero-order valence-electron chi connectivity index (χ0n) is 9.20. The Morgan fingerprint density at radius 3 is 2.87 bits per heavy atom. The van der Waals surface area contributed by atoms with Gasteiger partial charge in [-0.1, -0.05) is 19.0 Å². The van der Waals surface area contributed by atoms with Crippen molar-refractivity contribution >= 4 is 5.91 Å². The van der Waals surface area contributed by atoms with E-state index in [4.69, 9.17) is 4.52 Å². The summed E-state index contributed by atoms with van der Waals surface area (Å²) in [6.07, 6.45) is 0. The molecule has 15 heavy (non-hydrogen) atoms. The Morgan fingerprint density at radius 2 is 2.27 bits per heavy atom. The smallest absolute Gasteiger partial charge is 0.292 e. The summed E-state index contributed by atoms with van der Waals surface area (Å²) in [6.45, 7) is 6.89. The maximum Gasteiger partial charge on any atom is 0.292 e. The zero-order valence-corrected chi connectivity index (χ0v) is 9.20. The highest BCUT2D eigenvalue weighted by Crippen LogP contribution is 1.97. The lowest BCUT2D eigenvalue weighted by atomic mass is 10.4. The molecule has 0 aliphatic carbocycles. The molecule has 0 radical (unpaired) electrons. The van der Waals surface area contributed by atoms with E-state index in [0.717, 1.165) is 0 Å². The Hall–Kier alpha value is -1.43. The molecule has 6 nitrogen and oxygen atoms in total. The first-order valence-electron chi connectivity index (χ1n) is 4.97. The molecule has 0 bridgehead atoms. The highest BCUT2D eigenvalue weighted by atomic mass is 16.5. The second-order valence-corrected chi connectivity index (χ2v) is 3.41. The lowest BCUT2D eigenvalue weighted by Gasteiger charge is -2.02. The summed E-state index contributed by atoms with van der Waals surface area (Å²) in [6, 6.07) is 0.338. The molecule has 6 heteroatoms. The number of hydrogen-bond donors (Lipinski definition) is 2. The van der Waals surface area contributed by atoms with Crippen LogP contribution in [-0.4, -0.2) is 28.6 Å². The van der Waals surface area contributed by atoms with Crippen LogP contribution in [-0.2, 0) is 6.54 Å². The van der Waals surface area contributed by atoms with Gasteiger partial charge in [0.1, 0.15) is 0 Å². The van der Waals surface area contributed by atoms with Crippen molar-refractivity contribution in [3.05, 3.63) is 11.7 Å². The molecule has 0 atom stereocenters. The van der Waals surface area contributed by atoms with Crippen LogP contribution in [0.2, 0.25) is 0 Å². The molecule has 2 N–H and O–H groups in total. The fourth-order valence-electron chi connectivity index (χ4n) is 0.950. The lowest BCUT2D eigenvalue weighted by molar-refractivity contribution is 0.0942. The third-order valence-corrected chi connectivity index (χ3v) is 1.67. The van der Waals surface area contributed by atoms with E-state index < -0.39 is 0 Å². The quantitative estimate of drug-likeness (QED) is 0.734. The van der Waals surface area contributed by atoms with Crippen molar-refractivity contribution in [1.29, 1.82) is 0 Å². The van der Waals surface area contributed by atoms with E-state index >= 15 is 0 Å². The molecule has 1 aromatic rings. The minimum absolute atomic E-state index is 0.0809. The number of carbonyl (C=O) groups is 1. The average molecular weight is 212 g/mol. The minimum Gasteiger partial charge on any atom is -0.349 e. The second-order valence-electron chi connectivity index (χ2n) is 3.41. The topological polar surface area (TPSA) is 80.0 Å². The van der Waals surface area contributed by atoms with Crippen molar-refractivity contribution in [3.63, 3.8) is 0 Å². The van der Waals surface area contributed by atoms with E-state index in [1.54, 1.807) is 0 Å². The molecule has 0 fully saturated rings. The van der Waals surface area contributed by atoms with Crippen molar-refractivity contribution in [2.24, 2.45) is 0 Å². The summed E-state index contributed by atoms with van der Waals surface area (Å²) < 4.78 is 4.90. The van der Waals surface area contributed by atoms with E-state index in [0.29, 0.717) is 25.0 Å². The van der Waals surface area contributed by atoms with Crippen molar-refractivity contribution in [2.45, 2.75) is 33.4 Å². The van der Waals surface area contributed by atoms with E-state index in [1.165, 1.54) is 0 Å². The summed E-state index contributed by atoms with van der Waals surface area (Å²) in [5.41, 5.74) is 0. The molecule has 1 aromatic heterocycles. The van der Waals surface area contributed by atoms with Crippen molar-refractivity contribution in [1.82, 2.24) is 20.8 Å². The zero-order chi connectivity index (χ0) is 11.3. The molecule has 0 aliphatic rings. The number of nitrogens with zero attached hydrogens (tertiary/aromatic N) is 2. The highest BCUT2D eigenvalue weighted by Gasteiger charge is 2.13. The Kier molecular flexibility index (Phi) is 4.23. The minimum atomic E-state index is -0.308. The van der Waals surface area contributed by atoms with Crippen LogP contribution in [0.5, 0.6) is 0 Å². The fraction of sp³-hybridized carbons (Fsp3) is 0.667. The molecule has 0 aliphatic heterocycles. The van der Waals surface area contributed by atoms with Gasteiger partial charge in [0, 0.05) is 12.6 Å². The first-order valence-corrected chi connectivity index (χ1v) is 4.97. The Labute approximate surface area is 88.4 Å². The van der Waals surface area contributed by atoms with Crippen LogP contribution in [0.25, 0.3) is 0 Å². The van der Waals surface area contributed by atoms with Gasteiger partial charge in [0.15, 0.2) is 0 Å². The molecule has 1 heterocycles. The third kappa shape index (κ3) is 3.67. The first-order chi connectivity index (χ1) is 7.13. The predicted molar refractivity (Wildman–Crippen MR) is 54.3 cm³/mol. The fourth-order valence-corrected chi connectivity index (χ4v) is 0.950. The number of aromatic nitrogens is 2. The maximum absolute atomic E-state index is 11.3. The summed E-state index contributed by atoms with van der Waals surface area (Å²) >= 11 is 0. The van der Waals surface area contributed by atoms with Gasteiger partial charge in [-0.3, -0.25) is 4.79 Å². The van der Waals surface area contributed by atoms with Gasteiger partial charge < -0.3 is 15.2 Å². The van der Waals surface area contributed by atoms with Gasteiger partial charge in [-0.25, -0.2) is 0 Å². The predicted octanol–water partition coefficient (Wildman–Crippen LogP) is 0.317. The van der Waals surface area contributed by atoms with Gasteiger partial charge in [0.2, 0.25) is 5.89 Å². The van der Waals surface area contributed by atoms with E-state index in [2.05, 4.69) is 20.8 Å². The van der Waals surface area contributed by atoms with Crippen molar-refractivity contribution < 1.29 is 9.32 Å². The number of amides is 1. The Morgan fingerprint density at radius 1 is 1.53 bits per heavy atom. The molecule has 0 aromatic carbocycles. The van der Waals surface area contributed by atoms with Gasteiger partial charge in [-0.15, -0.1) is 0 Å². The molecule has 84 valence electrons. The Balaban J connectivity index is 2.52. The molecule has 0 saturated carbocycles. The Bertz CT molecular complexity index is 322. The van der Waals surface area contributed by atoms with Gasteiger partial charge in [-0.2, -0.15) is 4.98 Å². The second kappa shape index (κ2) is 5.45. The average Bonchev–Trinajstić information content (AvgIpc) is 2.63. The molecule has 1 amide bonds. The molecule has 0 spiro atoms. The molecular weight excluding hydrogens is 196 g/mol. The summed E-state index contributed by atoms with van der Waals surface area (Å²) in [7, 11) is 0. The third-order valence-electron chi connectivity index (χ3n) is 1.67. The molecule has 0 unspecified atom stereocenters. The monoisotopic (exact) mass is 212 g/mol.